The van der Waals surface area contributed by atoms with Gasteiger partial charge in [0.2, 0.25) is 5.91 Å². The van der Waals surface area contributed by atoms with Crippen molar-refractivity contribution in [2.24, 2.45) is 0 Å². The molecule has 0 heterocycles. The first-order valence-electron chi connectivity index (χ1n) is 9.52. The van der Waals surface area contributed by atoms with Crippen LogP contribution in [0.3, 0.4) is 0 Å². The molecule has 0 aromatic heterocycles. The summed E-state index contributed by atoms with van der Waals surface area (Å²) < 4.78 is 10.9. The largest absolute Gasteiger partial charge is 0.497 e. The third kappa shape index (κ3) is 5.61. The van der Waals surface area contributed by atoms with Gasteiger partial charge in [0.1, 0.15) is 11.5 Å². The monoisotopic (exact) mass is 404 g/mol. The Balaban J connectivity index is 1.54. The van der Waals surface area contributed by atoms with E-state index in [9.17, 15) is 9.59 Å². The van der Waals surface area contributed by atoms with Gasteiger partial charge in [0.05, 0.1) is 13.7 Å². The predicted octanol–water partition coefficient (Wildman–Crippen LogP) is 3.84. The van der Waals surface area contributed by atoms with Crippen LogP contribution >= 0.6 is 0 Å². The van der Waals surface area contributed by atoms with Gasteiger partial charge in [0, 0.05) is 18.3 Å². The van der Waals surface area contributed by atoms with Crippen molar-refractivity contribution in [3.05, 3.63) is 78.9 Å². The summed E-state index contributed by atoms with van der Waals surface area (Å²) in [6.45, 7) is -0.231. The van der Waals surface area contributed by atoms with Gasteiger partial charge >= 0.3 is 0 Å². The molecule has 6 heteroatoms. The second-order valence-electron chi connectivity index (χ2n) is 6.68. The van der Waals surface area contributed by atoms with Gasteiger partial charge in [-0.05, 0) is 35.9 Å². The Hall–Kier alpha value is -3.80. The van der Waals surface area contributed by atoms with Crippen molar-refractivity contribution in [3.8, 4) is 22.6 Å². The minimum Gasteiger partial charge on any atom is -0.497 e. The average molecular weight is 404 g/mol. The van der Waals surface area contributed by atoms with Crippen LogP contribution in [0, 0.1) is 0 Å². The minimum atomic E-state index is -0.291. The van der Waals surface area contributed by atoms with Crippen molar-refractivity contribution in [3.63, 3.8) is 0 Å². The molecule has 1 N–H and O–H groups in total. The predicted molar refractivity (Wildman–Crippen MR) is 117 cm³/mol. The summed E-state index contributed by atoms with van der Waals surface area (Å²) in [5, 5.41) is 2.75. The van der Waals surface area contributed by atoms with E-state index in [1.54, 1.807) is 38.4 Å². The molecule has 30 heavy (non-hydrogen) atoms. The number of carbonyl (C=O) groups is 2. The third-order valence-electron chi connectivity index (χ3n) is 4.50. The summed E-state index contributed by atoms with van der Waals surface area (Å²) in [4.78, 5) is 26.0. The number of carbonyl (C=O) groups excluding carboxylic acids is 2. The zero-order valence-corrected chi connectivity index (χ0v) is 17.0. The molecule has 0 spiro atoms. The molecule has 3 rings (SSSR count). The van der Waals surface area contributed by atoms with Gasteiger partial charge in [-0.15, -0.1) is 0 Å². The van der Waals surface area contributed by atoms with E-state index < -0.39 is 0 Å². The average Bonchev–Trinajstić information content (AvgIpc) is 2.78. The molecule has 0 saturated heterocycles. The first kappa shape index (κ1) is 20.9. The summed E-state index contributed by atoms with van der Waals surface area (Å²) in [6.07, 6.45) is 0. The van der Waals surface area contributed by atoms with Crippen LogP contribution in [0.15, 0.2) is 78.9 Å². The maximum absolute atomic E-state index is 12.4. The number of methoxy groups -OCH3 is 1. The van der Waals surface area contributed by atoms with E-state index in [-0.39, 0.29) is 25.0 Å². The number of rotatable bonds is 8. The first-order chi connectivity index (χ1) is 14.6. The topological polar surface area (TPSA) is 67.9 Å². The Labute approximate surface area is 176 Å². The molecule has 3 aromatic rings. The number of likely N-dealkylation sites (N-methyl/N-ethyl adjacent to an activating group) is 1. The van der Waals surface area contributed by atoms with Crippen LogP contribution < -0.4 is 14.8 Å². The zero-order valence-electron chi connectivity index (χ0n) is 17.0. The standard InChI is InChI=1S/C24H24N2O4/c1-26(16-23(27)25-19-12-14-20(29-2)15-13-19)24(28)17-30-22-11-7-6-10-21(22)18-8-4-3-5-9-18/h3-15H,16-17H2,1-2H3,(H,25,27). The van der Waals surface area contributed by atoms with Gasteiger partial charge in [0.25, 0.3) is 5.91 Å². The fourth-order valence-electron chi connectivity index (χ4n) is 2.88. The summed E-state index contributed by atoms with van der Waals surface area (Å²) >= 11 is 0. The maximum Gasteiger partial charge on any atom is 0.260 e. The second-order valence-corrected chi connectivity index (χ2v) is 6.68. The molecule has 2 amide bonds. The molecular weight excluding hydrogens is 380 g/mol. The maximum atomic E-state index is 12.4. The van der Waals surface area contributed by atoms with Crippen molar-refractivity contribution in [1.29, 1.82) is 0 Å². The number of ether oxygens (including phenoxy) is 2. The van der Waals surface area contributed by atoms with Crippen LogP contribution in [0.4, 0.5) is 5.69 Å². The molecule has 0 radical (unpaired) electrons. The van der Waals surface area contributed by atoms with E-state index in [4.69, 9.17) is 9.47 Å². The van der Waals surface area contributed by atoms with E-state index in [1.807, 2.05) is 54.6 Å². The van der Waals surface area contributed by atoms with Crippen LogP contribution in [0.2, 0.25) is 0 Å². The molecule has 0 fully saturated rings. The fraction of sp³-hybridized carbons (Fsp3) is 0.167. The van der Waals surface area contributed by atoms with Gasteiger partial charge in [-0.25, -0.2) is 0 Å². The second kappa shape index (κ2) is 10.1. The first-order valence-corrected chi connectivity index (χ1v) is 9.52. The van der Waals surface area contributed by atoms with Gasteiger partial charge in [0.15, 0.2) is 6.61 Å². The Kier molecular flexibility index (Phi) is 7.05. The highest BCUT2D eigenvalue weighted by Gasteiger charge is 2.15. The smallest absolute Gasteiger partial charge is 0.260 e. The van der Waals surface area contributed by atoms with E-state index in [1.165, 1.54) is 4.90 Å². The van der Waals surface area contributed by atoms with Crippen molar-refractivity contribution >= 4 is 17.5 Å². The highest BCUT2D eigenvalue weighted by Crippen LogP contribution is 2.29. The SMILES string of the molecule is COc1ccc(NC(=O)CN(C)C(=O)COc2ccccc2-c2ccccc2)cc1. The number of para-hydroxylation sites is 1. The van der Waals surface area contributed by atoms with Crippen molar-refractivity contribution in [1.82, 2.24) is 4.90 Å². The van der Waals surface area contributed by atoms with Crippen LogP contribution in [0.5, 0.6) is 11.5 Å². The van der Waals surface area contributed by atoms with Gasteiger partial charge in [-0.1, -0.05) is 48.5 Å². The molecule has 0 unspecified atom stereocenters. The van der Waals surface area contributed by atoms with Crippen LogP contribution in [-0.4, -0.2) is 44.0 Å². The number of hydrogen-bond acceptors (Lipinski definition) is 4. The number of benzene rings is 3. The summed E-state index contributed by atoms with van der Waals surface area (Å²) in [6, 6.07) is 24.4. The summed E-state index contributed by atoms with van der Waals surface area (Å²) in [5.74, 6) is 0.741. The molecule has 0 atom stereocenters. The van der Waals surface area contributed by atoms with Crippen LogP contribution in [0.25, 0.3) is 11.1 Å². The van der Waals surface area contributed by atoms with Crippen LogP contribution in [0.1, 0.15) is 0 Å². The summed E-state index contributed by atoms with van der Waals surface area (Å²) in [7, 11) is 3.15. The number of nitrogens with zero attached hydrogens (tertiary/aromatic N) is 1. The lowest BCUT2D eigenvalue weighted by Crippen LogP contribution is -2.37. The Bertz CT molecular complexity index is 988. The fourth-order valence-corrected chi connectivity index (χ4v) is 2.88. The Morgan fingerprint density at radius 3 is 2.27 bits per heavy atom. The van der Waals surface area contributed by atoms with Crippen molar-refractivity contribution in [2.45, 2.75) is 0 Å². The minimum absolute atomic E-state index is 0.0748. The molecule has 0 aliphatic carbocycles. The lowest BCUT2D eigenvalue weighted by molar-refractivity contribution is -0.135. The zero-order chi connectivity index (χ0) is 21.3. The molecule has 6 nitrogen and oxygen atoms in total. The Morgan fingerprint density at radius 1 is 0.900 bits per heavy atom. The van der Waals surface area contributed by atoms with Gasteiger partial charge in [-0.2, -0.15) is 0 Å². The molecule has 0 aliphatic rings. The molecule has 3 aromatic carbocycles. The number of amides is 2. The summed E-state index contributed by atoms with van der Waals surface area (Å²) in [5.41, 5.74) is 2.55. The lowest BCUT2D eigenvalue weighted by Gasteiger charge is -2.18. The van der Waals surface area contributed by atoms with E-state index in [0.29, 0.717) is 17.2 Å². The number of nitrogens with one attached hydrogen (secondary N) is 1. The molecule has 0 bridgehead atoms. The lowest BCUT2D eigenvalue weighted by atomic mass is 10.1. The highest BCUT2D eigenvalue weighted by atomic mass is 16.5. The van der Waals surface area contributed by atoms with Gasteiger partial charge in [-0.3, -0.25) is 9.59 Å². The third-order valence-corrected chi connectivity index (χ3v) is 4.50. The van der Waals surface area contributed by atoms with Crippen molar-refractivity contribution < 1.29 is 19.1 Å². The normalized spacial score (nSPS) is 10.2. The molecule has 154 valence electrons. The number of hydrogen-bond donors (Lipinski definition) is 1. The molecule has 0 saturated carbocycles. The van der Waals surface area contributed by atoms with Crippen LogP contribution in [-0.2, 0) is 9.59 Å². The van der Waals surface area contributed by atoms with E-state index >= 15 is 0 Å². The highest BCUT2D eigenvalue weighted by molar-refractivity contribution is 5.94. The van der Waals surface area contributed by atoms with E-state index in [2.05, 4.69) is 5.32 Å². The van der Waals surface area contributed by atoms with Gasteiger partial charge < -0.3 is 19.7 Å². The Morgan fingerprint density at radius 2 is 1.57 bits per heavy atom. The van der Waals surface area contributed by atoms with E-state index in [0.717, 1.165) is 11.1 Å². The van der Waals surface area contributed by atoms with Crippen molar-refractivity contribution in [2.75, 3.05) is 32.6 Å². The quantitative estimate of drug-likeness (QED) is 0.619. The molecular formula is C24H24N2O4. The molecule has 0 aliphatic heterocycles. The number of anilines is 1.